The van der Waals surface area contributed by atoms with Gasteiger partial charge in [-0.2, -0.15) is 5.10 Å². The Morgan fingerprint density at radius 1 is 0.892 bits per heavy atom. The second-order valence-electron chi connectivity index (χ2n) is 9.18. The molecular formula is C29H33N3O4S. The molecule has 4 rings (SSSR count). The molecule has 37 heavy (non-hydrogen) atoms. The third-order valence-electron chi connectivity index (χ3n) is 6.57. The Bertz CT molecular complexity index is 1330. The molecule has 3 aromatic carbocycles. The number of anilines is 1. The first kappa shape index (κ1) is 26.4. The van der Waals surface area contributed by atoms with Gasteiger partial charge in [0.15, 0.2) is 0 Å². The quantitative estimate of drug-likeness (QED) is 0.264. The smallest absolute Gasteiger partial charge is 0.271 e. The molecule has 0 radical (unpaired) electrons. The summed E-state index contributed by atoms with van der Waals surface area (Å²) in [5.41, 5.74) is 6.34. The van der Waals surface area contributed by atoms with E-state index in [-0.39, 0.29) is 10.8 Å². The van der Waals surface area contributed by atoms with Crippen LogP contribution in [0.2, 0.25) is 0 Å². The lowest BCUT2D eigenvalue weighted by Crippen LogP contribution is -2.19. The van der Waals surface area contributed by atoms with Crippen LogP contribution >= 0.6 is 0 Å². The number of carbonyl (C=O) groups is 1. The van der Waals surface area contributed by atoms with Crippen LogP contribution in [-0.4, -0.2) is 26.6 Å². The van der Waals surface area contributed by atoms with E-state index in [1.807, 2.05) is 13.8 Å². The molecule has 7 nitrogen and oxygen atoms in total. The van der Waals surface area contributed by atoms with E-state index in [9.17, 15) is 13.2 Å². The first-order chi connectivity index (χ1) is 17.9. The van der Waals surface area contributed by atoms with E-state index in [1.54, 1.807) is 36.4 Å². The minimum atomic E-state index is -3.77. The van der Waals surface area contributed by atoms with Crippen molar-refractivity contribution >= 4 is 27.3 Å². The number of benzene rings is 3. The maximum absolute atomic E-state index is 12.7. The minimum Gasteiger partial charge on any atom is -0.494 e. The van der Waals surface area contributed by atoms with Gasteiger partial charge in [0.25, 0.3) is 15.9 Å². The van der Waals surface area contributed by atoms with E-state index in [1.165, 1.54) is 49.8 Å². The summed E-state index contributed by atoms with van der Waals surface area (Å²) in [5, 5.41) is 4.25. The van der Waals surface area contributed by atoms with Gasteiger partial charge in [0.2, 0.25) is 0 Å². The molecule has 2 N–H and O–H groups in total. The lowest BCUT2D eigenvalue weighted by atomic mass is 9.84. The van der Waals surface area contributed by atoms with Gasteiger partial charge in [-0.1, -0.05) is 43.5 Å². The van der Waals surface area contributed by atoms with Crippen molar-refractivity contribution in [2.24, 2.45) is 5.10 Å². The molecule has 1 fully saturated rings. The standard InChI is InChI=1S/C29H33N3O4S/c1-3-36-27-17-19-28(20-18-27)37(34,35)32-26-15-13-25(14-16-26)29(33)31-30-21(2)22-9-11-24(12-10-22)23-7-5-4-6-8-23/h9-20,23,32H,3-8H2,1-2H3,(H,31,33). The number of amides is 1. The van der Waals surface area contributed by atoms with Crippen molar-refractivity contribution in [3.05, 3.63) is 89.5 Å². The number of hydrogen-bond acceptors (Lipinski definition) is 5. The average Bonchev–Trinajstić information content (AvgIpc) is 2.93. The Morgan fingerprint density at radius 3 is 2.14 bits per heavy atom. The predicted octanol–water partition coefficient (Wildman–Crippen LogP) is 6.09. The summed E-state index contributed by atoms with van der Waals surface area (Å²) >= 11 is 0. The zero-order valence-corrected chi connectivity index (χ0v) is 22.1. The Morgan fingerprint density at radius 2 is 1.51 bits per heavy atom. The fourth-order valence-corrected chi connectivity index (χ4v) is 5.54. The molecule has 1 aliphatic rings. The van der Waals surface area contributed by atoms with Crippen LogP contribution in [0.3, 0.4) is 0 Å². The highest BCUT2D eigenvalue weighted by Crippen LogP contribution is 2.32. The van der Waals surface area contributed by atoms with Crippen LogP contribution in [0.1, 0.15) is 73.4 Å². The summed E-state index contributed by atoms with van der Waals surface area (Å²) in [4.78, 5) is 12.7. The Labute approximate surface area is 219 Å². The van der Waals surface area contributed by atoms with E-state index >= 15 is 0 Å². The number of hydrogen-bond donors (Lipinski definition) is 2. The maximum atomic E-state index is 12.7. The molecule has 1 aliphatic carbocycles. The zero-order valence-electron chi connectivity index (χ0n) is 21.2. The summed E-state index contributed by atoms with van der Waals surface area (Å²) in [5.74, 6) is 0.874. The summed E-state index contributed by atoms with van der Waals surface area (Å²) in [7, 11) is -3.77. The van der Waals surface area contributed by atoms with Gasteiger partial charge in [0.05, 0.1) is 17.2 Å². The normalized spacial score (nSPS) is 14.7. The maximum Gasteiger partial charge on any atom is 0.271 e. The second kappa shape index (κ2) is 12.1. The zero-order chi connectivity index (χ0) is 26.3. The molecule has 0 spiro atoms. The van der Waals surface area contributed by atoms with Crippen molar-refractivity contribution in [2.45, 2.75) is 56.8 Å². The van der Waals surface area contributed by atoms with Crippen molar-refractivity contribution in [2.75, 3.05) is 11.3 Å². The molecule has 0 atom stereocenters. The fourth-order valence-electron chi connectivity index (χ4n) is 4.48. The number of carbonyl (C=O) groups excluding carboxylic acids is 1. The van der Waals surface area contributed by atoms with Crippen LogP contribution in [0.4, 0.5) is 5.69 Å². The van der Waals surface area contributed by atoms with Crippen LogP contribution in [0.15, 0.2) is 82.8 Å². The monoisotopic (exact) mass is 519 g/mol. The van der Waals surface area contributed by atoms with E-state index in [4.69, 9.17) is 4.74 Å². The SMILES string of the molecule is CCOc1ccc(S(=O)(=O)Nc2ccc(C(=O)NN=C(C)c3ccc(C4CCCCC4)cc3)cc2)cc1. The van der Waals surface area contributed by atoms with Crippen molar-refractivity contribution in [1.82, 2.24) is 5.43 Å². The molecule has 3 aromatic rings. The Hall–Kier alpha value is -3.65. The third kappa shape index (κ3) is 6.98. The molecule has 8 heteroatoms. The number of hydrazone groups is 1. The topological polar surface area (TPSA) is 96.9 Å². The van der Waals surface area contributed by atoms with Gasteiger partial charge in [-0.3, -0.25) is 9.52 Å². The molecule has 0 heterocycles. The predicted molar refractivity (Wildman–Crippen MR) is 147 cm³/mol. The van der Waals surface area contributed by atoms with E-state index in [0.29, 0.717) is 35.2 Å². The summed E-state index contributed by atoms with van der Waals surface area (Å²) < 4.78 is 33.2. The highest BCUT2D eigenvalue weighted by molar-refractivity contribution is 7.92. The first-order valence-electron chi connectivity index (χ1n) is 12.7. The molecule has 0 unspecified atom stereocenters. The van der Waals surface area contributed by atoms with Gasteiger partial charge >= 0.3 is 0 Å². The van der Waals surface area contributed by atoms with E-state index in [2.05, 4.69) is 39.5 Å². The molecule has 0 bridgehead atoms. The van der Waals surface area contributed by atoms with Gasteiger partial charge in [-0.15, -0.1) is 0 Å². The highest BCUT2D eigenvalue weighted by Gasteiger charge is 2.16. The largest absolute Gasteiger partial charge is 0.494 e. The van der Waals surface area contributed by atoms with Crippen molar-refractivity contribution in [1.29, 1.82) is 0 Å². The van der Waals surface area contributed by atoms with Crippen molar-refractivity contribution in [3.8, 4) is 5.75 Å². The third-order valence-corrected chi connectivity index (χ3v) is 7.97. The summed E-state index contributed by atoms with van der Waals surface area (Å²) in [6.07, 6.45) is 6.44. The van der Waals surface area contributed by atoms with Crippen molar-refractivity contribution in [3.63, 3.8) is 0 Å². The molecule has 1 saturated carbocycles. The number of ether oxygens (including phenoxy) is 1. The number of nitrogens with zero attached hydrogens (tertiary/aromatic N) is 1. The van der Waals surface area contributed by atoms with Gasteiger partial charge in [-0.25, -0.2) is 13.8 Å². The molecule has 0 aliphatic heterocycles. The van der Waals surface area contributed by atoms with Gasteiger partial charge in [-0.05, 0) is 92.3 Å². The molecule has 0 saturated heterocycles. The second-order valence-corrected chi connectivity index (χ2v) is 10.9. The Kier molecular flexibility index (Phi) is 8.61. The van der Waals surface area contributed by atoms with Crippen LogP contribution < -0.4 is 14.9 Å². The lowest BCUT2D eigenvalue weighted by molar-refractivity contribution is 0.0955. The number of nitrogens with one attached hydrogen (secondary N) is 2. The minimum absolute atomic E-state index is 0.120. The lowest BCUT2D eigenvalue weighted by Gasteiger charge is -2.22. The van der Waals surface area contributed by atoms with Crippen LogP contribution in [-0.2, 0) is 10.0 Å². The van der Waals surface area contributed by atoms with Crippen LogP contribution in [0.25, 0.3) is 0 Å². The average molecular weight is 520 g/mol. The number of sulfonamides is 1. The summed E-state index contributed by atoms with van der Waals surface area (Å²) in [6, 6.07) is 20.8. The fraction of sp³-hybridized carbons (Fsp3) is 0.310. The molecule has 0 aromatic heterocycles. The highest BCUT2D eigenvalue weighted by atomic mass is 32.2. The van der Waals surface area contributed by atoms with Crippen molar-refractivity contribution < 1.29 is 17.9 Å². The molecule has 1 amide bonds. The van der Waals surface area contributed by atoms with Gasteiger partial charge in [0, 0.05) is 11.3 Å². The number of rotatable bonds is 9. The van der Waals surface area contributed by atoms with Crippen LogP contribution in [0, 0.1) is 0 Å². The first-order valence-corrected chi connectivity index (χ1v) is 14.1. The summed E-state index contributed by atoms with van der Waals surface area (Å²) in [6.45, 7) is 4.22. The van der Waals surface area contributed by atoms with Gasteiger partial charge in [0.1, 0.15) is 5.75 Å². The molecular weight excluding hydrogens is 486 g/mol. The van der Waals surface area contributed by atoms with Gasteiger partial charge < -0.3 is 4.74 Å². The molecule has 194 valence electrons. The van der Waals surface area contributed by atoms with E-state index < -0.39 is 10.0 Å². The van der Waals surface area contributed by atoms with Crippen LogP contribution in [0.5, 0.6) is 5.75 Å². The van der Waals surface area contributed by atoms with E-state index in [0.717, 1.165) is 5.56 Å². The Balaban J connectivity index is 1.34.